The first-order valence-electron chi connectivity index (χ1n) is 8.11. The summed E-state index contributed by atoms with van der Waals surface area (Å²) in [7, 11) is 1.61. The van der Waals surface area contributed by atoms with Gasteiger partial charge in [0, 0.05) is 13.2 Å². The molecule has 0 radical (unpaired) electrons. The minimum absolute atomic E-state index is 0.203. The molecule has 1 atom stereocenters. The Morgan fingerprint density at radius 3 is 2.28 bits per heavy atom. The summed E-state index contributed by atoms with van der Waals surface area (Å²) in [6, 6.07) is 19.0. The molecule has 0 aliphatic carbocycles. The predicted octanol–water partition coefficient (Wildman–Crippen LogP) is 2.42. The molecule has 5 nitrogen and oxygen atoms in total. The maximum absolute atomic E-state index is 12.6. The second-order valence-corrected chi connectivity index (χ2v) is 5.84. The van der Waals surface area contributed by atoms with Crippen LogP contribution in [0.5, 0.6) is 0 Å². The fourth-order valence-electron chi connectivity index (χ4n) is 2.79. The number of ether oxygens (including phenoxy) is 1. The Kier molecular flexibility index (Phi) is 5.26. The highest BCUT2D eigenvalue weighted by Crippen LogP contribution is 2.20. The molecule has 3 rings (SSSR count). The van der Waals surface area contributed by atoms with Gasteiger partial charge in [0.2, 0.25) is 0 Å². The van der Waals surface area contributed by atoms with Crippen LogP contribution in [0.4, 0.5) is 0 Å². The number of methoxy groups -OCH3 is 1. The van der Waals surface area contributed by atoms with Crippen LogP contribution in [0.25, 0.3) is 0 Å². The Labute approximate surface area is 146 Å². The van der Waals surface area contributed by atoms with Crippen LogP contribution in [-0.2, 0) is 20.9 Å². The van der Waals surface area contributed by atoms with Crippen molar-refractivity contribution < 1.29 is 14.3 Å². The van der Waals surface area contributed by atoms with Crippen LogP contribution >= 0.6 is 0 Å². The van der Waals surface area contributed by atoms with Crippen molar-refractivity contribution >= 4 is 11.8 Å². The zero-order valence-corrected chi connectivity index (χ0v) is 14.0. The van der Waals surface area contributed by atoms with E-state index >= 15 is 0 Å². The van der Waals surface area contributed by atoms with E-state index in [4.69, 9.17) is 4.74 Å². The third-order valence-corrected chi connectivity index (χ3v) is 4.06. The summed E-state index contributed by atoms with van der Waals surface area (Å²) in [6.45, 7) is 0.655. The van der Waals surface area contributed by atoms with Gasteiger partial charge in [-0.25, -0.2) is 0 Å². The molecule has 0 bridgehead atoms. The van der Waals surface area contributed by atoms with Gasteiger partial charge in [0.25, 0.3) is 11.8 Å². The number of nitrogens with one attached hydrogen (secondary N) is 1. The molecule has 25 heavy (non-hydrogen) atoms. The Morgan fingerprint density at radius 2 is 1.64 bits per heavy atom. The zero-order valence-electron chi connectivity index (χ0n) is 14.0. The van der Waals surface area contributed by atoms with Crippen molar-refractivity contribution in [1.29, 1.82) is 0 Å². The number of carbonyl (C=O) groups is 2. The predicted molar refractivity (Wildman–Crippen MR) is 94.3 cm³/mol. The molecule has 2 amide bonds. The van der Waals surface area contributed by atoms with Crippen LogP contribution < -0.4 is 5.32 Å². The number of hydrogen-bond acceptors (Lipinski definition) is 4. The molecule has 5 heteroatoms. The van der Waals surface area contributed by atoms with Crippen molar-refractivity contribution in [2.45, 2.75) is 12.6 Å². The van der Waals surface area contributed by atoms with Gasteiger partial charge in [-0.1, -0.05) is 60.7 Å². The van der Waals surface area contributed by atoms with Crippen LogP contribution in [-0.4, -0.2) is 30.4 Å². The molecule has 1 aliphatic rings. The van der Waals surface area contributed by atoms with Gasteiger partial charge in [0.15, 0.2) is 0 Å². The first-order valence-corrected chi connectivity index (χ1v) is 8.11. The summed E-state index contributed by atoms with van der Waals surface area (Å²) < 4.78 is 5.25. The van der Waals surface area contributed by atoms with E-state index in [1.807, 2.05) is 60.7 Å². The van der Waals surface area contributed by atoms with Gasteiger partial charge in [-0.3, -0.25) is 14.5 Å². The minimum atomic E-state index is -0.314. The van der Waals surface area contributed by atoms with Gasteiger partial charge in [-0.2, -0.15) is 0 Å². The number of rotatable bonds is 7. The molecule has 0 fully saturated rings. The third-order valence-electron chi connectivity index (χ3n) is 4.06. The van der Waals surface area contributed by atoms with Crippen LogP contribution in [0, 0.1) is 0 Å². The van der Waals surface area contributed by atoms with E-state index in [0.29, 0.717) is 12.3 Å². The van der Waals surface area contributed by atoms with E-state index in [9.17, 15) is 9.59 Å². The van der Waals surface area contributed by atoms with Crippen molar-refractivity contribution in [3.05, 3.63) is 83.6 Å². The normalized spacial score (nSPS) is 15.2. The summed E-state index contributed by atoms with van der Waals surface area (Å²) in [5.74, 6) is -0.619. The number of amides is 2. The molecule has 2 aromatic carbocycles. The number of hydrogen-bond donors (Lipinski definition) is 1. The Hall–Kier alpha value is -2.92. The van der Waals surface area contributed by atoms with E-state index in [1.165, 1.54) is 11.0 Å². The molecular weight excluding hydrogens is 316 g/mol. The average Bonchev–Trinajstić information content (AvgIpc) is 2.90. The fourth-order valence-corrected chi connectivity index (χ4v) is 2.79. The lowest BCUT2D eigenvalue weighted by molar-refractivity contribution is -0.138. The minimum Gasteiger partial charge on any atom is -0.382 e. The molecule has 1 N–H and O–H groups in total. The lowest BCUT2D eigenvalue weighted by atomic mass is 10.1. The number of nitrogens with zero attached hydrogens (tertiary/aromatic N) is 1. The van der Waals surface area contributed by atoms with Crippen molar-refractivity contribution in [3.8, 4) is 0 Å². The topological polar surface area (TPSA) is 58.6 Å². The molecule has 0 saturated heterocycles. The third kappa shape index (κ3) is 3.95. The Bertz CT molecular complexity index is 772. The molecule has 2 aromatic rings. The van der Waals surface area contributed by atoms with Gasteiger partial charge >= 0.3 is 0 Å². The summed E-state index contributed by atoms with van der Waals surface area (Å²) in [5, 5.41) is 3.15. The summed E-state index contributed by atoms with van der Waals surface area (Å²) in [5.41, 5.74) is 2.20. The highest BCUT2D eigenvalue weighted by molar-refractivity contribution is 6.15. The molecule has 1 aliphatic heterocycles. The van der Waals surface area contributed by atoms with E-state index in [-0.39, 0.29) is 24.4 Å². The number of imide groups is 1. The fraction of sp³-hybridized carbons (Fsp3) is 0.200. The van der Waals surface area contributed by atoms with E-state index in [0.717, 1.165) is 11.1 Å². The van der Waals surface area contributed by atoms with E-state index in [1.54, 1.807) is 7.11 Å². The molecule has 1 unspecified atom stereocenters. The van der Waals surface area contributed by atoms with Crippen LogP contribution in [0.1, 0.15) is 17.2 Å². The largest absolute Gasteiger partial charge is 0.382 e. The van der Waals surface area contributed by atoms with Crippen molar-refractivity contribution in [2.24, 2.45) is 0 Å². The van der Waals surface area contributed by atoms with Crippen LogP contribution in [0.15, 0.2) is 72.4 Å². The second-order valence-electron chi connectivity index (χ2n) is 5.84. The maximum atomic E-state index is 12.6. The van der Waals surface area contributed by atoms with E-state index < -0.39 is 0 Å². The van der Waals surface area contributed by atoms with Crippen molar-refractivity contribution in [3.63, 3.8) is 0 Å². The highest BCUT2D eigenvalue weighted by atomic mass is 16.5. The lowest BCUT2D eigenvalue weighted by Crippen LogP contribution is -2.34. The first kappa shape index (κ1) is 16.9. The van der Waals surface area contributed by atoms with Gasteiger partial charge in [-0.05, 0) is 11.1 Å². The summed E-state index contributed by atoms with van der Waals surface area (Å²) in [4.78, 5) is 26.1. The Morgan fingerprint density at radius 1 is 1.00 bits per heavy atom. The van der Waals surface area contributed by atoms with Crippen molar-refractivity contribution in [2.75, 3.05) is 13.7 Å². The molecule has 1 heterocycles. The molecule has 0 spiro atoms. The van der Waals surface area contributed by atoms with Gasteiger partial charge < -0.3 is 10.1 Å². The van der Waals surface area contributed by atoms with Crippen molar-refractivity contribution in [1.82, 2.24) is 10.2 Å². The molecule has 0 aromatic heterocycles. The van der Waals surface area contributed by atoms with E-state index in [2.05, 4.69) is 5.32 Å². The van der Waals surface area contributed by atoms with Gasteiger partial charge in [-0.15, -0.1) is 0 Å². The lowest BCUT2D eigenvalue weighted by Gasteiger charge is -2.21. The molecular formula is C20H20N2O3. The first-order chi connectivity index (χ1) is 12.2. The smallest absolute Gasteiger partial charge is 0.277 e. The number of benzene rings is 2. The monoisotopic (exact) mass is 336 g/mol. The highest BCUT2D eigenvalue weighted by Gasteiger charge is 2.32. The quantitative estimate of drug-likeness (QED) is 0.789. The summed E-state index contributed by atoms with van der Waals surface area (Å²) in [6.07, 6.45) is 1.36. The van der Waals surface area contributed by atoms with Crippen LogP contribution in [0.2, 0.25) is 0 Å². The standard InChI is InChI=1S/C20H20N2O3/c1-25-14-18(16-10-6-3-7-11-16)21-17-12-19(23)22(20(17)24)13-15-8-4-2-5-9-15/h2-12,18,21H,13-14H2,1H3. The maximum Gasteiger partial charge on any atom is 0.277 e. The number of carbonyl (C=O) groups excluding carboxylic acids is 2. The Balaban J connectivity index is 1.73. The molecule has 0 saturated carbocycles. The van der Waals surface area contributed by atoms with Crippen LogP contribution in [0.3, 0.4) is 0 Å². The zero-order chi connectivity index (χ0) is 17.6. The summed E-state index contributed by atoms with van der Waals surface area (Å²) >= 11 is 0. The van der Waals surface area contributed by atoms with Gasteiger partial charge in [0.05, 0.1) is 19.2 Å². The SMILES string of the molecule is COCC(NC1=CC(=O)N(Cc2ccccc2)C1=O)c1ccccc1. The van der Waals surface area contributed by atoms with Gasteiger partial charge in [0.1, 0.15) is 5.70 Å². The second kappa shape index (κ2) is 7.77. The molecule has 128 valence electrons. The average molecular weight is 336 g/mol.